The highest BCUT2D eigenvalue weighted by molar-refractivity contribution is 7.92. The number of sulfonamides is 1. The summed E-state index contributed by atoms with van der Waals surface area (Å²) in [6, 6.07) is 14.9. The first-order chi connectivity index (χ1) is 16.3. The van der Waals surface area contributed by atoms with Crippen molar-refractivity contribution < 1.29 is 13.2 Å². The van der Waals surface area contributed by atoms with E-state index in [1.54, 1.807) is 41.3 Å². The van der Waals surface area contributed by atoms with Crippen LogP contribution in [0.25, 0.3) is 38.9 Å². The Bertz CT molecular complexity index is 1730. The van der Waals surface area contributed by atoms with Gasteiger partial charge < -0.3 is 4.74 Å². The highest BCUT2D eigenvalue weighted by atomic mass is 32.2. The van der Waals surface area contributed by atoms with Crippen molar-refractivity contribution in [2.24, 2.45) is 7.05 Å². The number of methoxy groups -OCH3 is 1. The molecule has 170 valence electrons. The molecule has 5 rings (SSSR count). The van der Waals surface area contributed by atoms with E-state index in [4.69, 9.17) is 4.74 Å². The van der Waals surface area contributed by atoms with E-state index in [2.05, 4.69) is 20.9 Å². The molecule has 0 bridgehead atoms. The van der Waals surface area contributed by atoms with Gasteiger partial charge in [-0.2, -0.15) is 10.4 Å². The monoisotopic (exact) mass is 472 g/mol. The summed E-state index contributed by atoms with van der Waals surface area (Å²) in [4.78, 5) is 4.51. The molecule has 0 aliphatic rings. The summed E-state index contributed by atoms with van der Waals surface area (Å²) in [5.74, 6) is 0.502. The highest BCUT2D eigenvalue weighted by Crippen LogP contribution is 2.36. The van der Waals surface area contributed by atoms with Gasteiger partial charge in [-0.1, -0.05) is 6.07 Å². The third-order valence-electron chi connectivity index (χ3n) is 5.58. The number of hydrogen-bond acceptors (Lipinski definition) is 6. The Labute approximate surface area is 195 Å². The number of aryl methyl sites for hydroxylation is 1. The van der Waals surface area contributed by atoms with Gasteiger partial charge >= 0.3 is 0 Å². The van der Waals surface area contributed by atoms with Gasteiger partial charge in [0.2, 0.25) is 10.0 Å². The second-order valence-electron chi connectivity index (χ2n) is 7.92. The minimum Gasteiger partial charge on any atom is -0.496 e. The van der Waals surface area contributed by atoms with E-state index in [-0.39, 0.29) is 0 Å². The van der Waals surface area contributed by atoms with Crippen LogP contribution in [0.5, 0.6) is 5.75 Å². The lowest BCUT2D eigenvalue weighted by Crippen LogP contribution is -2.11. The molecule has 0 saturated heterocycles. The SMILES string of the molecule is COc1cc(C#N)ccc1-c1cc(NS(C)(=O)=O)c2ncc(-c3ccc4c(cnn4C)c3)n2c1. The largest absolute Gasteiger partial charge is 0.496 e. The Morgan fingerprint density at radius 1 is 1.09 bits per heavy atom. The number of pyridine rings is 1. The molecule has 0 amide bonds. The molecule has 0 saturated carbocycles. The fourth-order valence-electron chi connectivity index (χ4n) is 4.05. The van der Waals surface area contributed by atoms with Crippen molar-refractivity contribution in [1.82, 2.24) is 19.2 Å². The van der Waals surface area contributed by atoms with Gasteiger partial charge in [0.15, 0.2) is 5.65 Å². The molecule has 3 heterocycles. The van der Waals surface area contributed by atoms with Crippen LogP contribution >= 0.6 is 0 Å². The zero-order chi connectivity index (χ0) is 24.0. The molecule has 0 spiro atoms. The van der Waals surface area contributed by atoms with E-state index in [1.165, 1.54) is 7.11 Å². The lowest BCUT2D eigenvalue weighted by molar-refractivity contribution is 0.416. The number of aromatic nitrogens is 4. The normalized spacial score (nSPS) is 11.6. The van der Waals surface area contributed by atoms with Crippen molar-refractivity contribution in [2.45, 2.75) is 0 Å². The van der Waals surface area contributed by atoms with Crippen LogP contribution in [0.3, 0.4) is 0 Å². The Balaban J connectivity index is 1.77. The van der Waals surface area contributed by atoms with Crippen molar-refractivity contribution in [2.75, 3.05) is 18.1 Å². The Kier molecular flexibility index (Phi) is 4.99. The van der Waals surface area contributed by atoms with Gasteiger partial charge in [0, 0.05) is 35.3 Å². The molecular formula is C24H20N6O3S. The first-order valence-electron chi connectivity index (χ1n) is 10.3. The van der Waals surface area contributed by atoms with Crippen LogP contribution in [0.1, 0.15) is 5.56 Å². The molecule has 1 N–H and O–H groups in total. The summed E-state index contributed by atoms with van der Waals surface area (Å²) in [6.07, 6.45) is 6.48. The average molecular weight is 473 g/mol. The molecule has 3 aromatic heterocycles. The number of benzene rings is 2. The molecule has 0 aliphatic heterocycles. The zero-order valence-electron chi connectivity index (χ0n) is 18.6. The molecule has 0 atom stereocenters. The number of nitriles is 1. The van der Waals surface area contributed by atoms with Gasteiger partial charge in [0.05, 0.1) is 54.3 Å². The molecular weight excluding hydrogens is 452 g/mol. The number of anilines is 1. The third-order valence-corrected chi connectivity index (χ3v) is 6.18. The maximum absolute atomic E-state index is 12.1. The van der Waals surface area contributed by atoms with Gasteiger partial charge in [-0.25, -0.2) is 13.4 Å². The average Bonchev–Trinajstić information content (AvgIpc) is 3.41. The van der Waals surface area contributed by atoms with Gasteiger partial charge in [0.1, 0.15) is 5.75 Å². The minimum absolute atomic E-state index is 0.333. The number of ether oxygens (including phenoxy) is 1. The molecule has 0 aliphatic carbocycles. The summed E-state index contributed by atoms with van der Waals surface area (Å²) >= 11 is 0. The Morgan fingerprint density at radius 3 is 2.65 bits per heavy atom. The quantitative estimate of drug-likeness (QED) is 0.416. The fraction of sp³-hybridized carbons (Fsp3) is 0.125. The van der Waals surface area contributed by atoms with Gasteiger partial charge in [-0.3, -0.25) is 13.8 Å². The topological polar surface area (TPSA) is 114 Å². The van der Waals surface area contributed by atoms with E-state index in [0.29, 0.717) is 33.8 Å². The van der Waals surface area contributed by atoms with Crippen LogP contribution in [-0.4, -0.2) is 40.9 Å². The van der Waals surface area contributed by atoms with Crippen molar-refractivity contribution in [3.8, 4) is 34.2 Å². The predicted molar refractivity (Wildman–Crippen MR) is 130 cm³/mol. The smallest absolute Gasteiger partial charge is 0.229 e. The molecule has 2 aromatic carbocycles. The van der Waals surface area contributed by atoms with E-state index >= 15 is 0 Å². The molecule has 0 fully saturated rings. The van der Waals surface area contributed by atoms with Crippen LogP contribution in [0.4, 0.5) is 5.69 Å². The van der Waals surface area contributed by atoms with Crippen molar-refractivity contribution in [3.05, 3.63) is 66.6 Å². The lowest BCUT2D eigenvalue weighted by atomic mass is 10.0. The van der Waals surface area contributed by atoms with Crippen molar-refractivity contribution in [3.63, 3.8) is 0 Å². The predicted octanol–water partition coefficient (Wildman–Crippen LogP) is 3.81. The van der Waals surface area contributed by atoms with Crippen molar-refractivity contribution >= 4 is 32.3 Å². The van der Waals surface area contributed by atoms with E-state index in [1.807, 2.05) is 35.8 Å². The maximum atomic E-state index is 12.1. The summed E-state index contributed by atoms with van der Waals surface area (Å²) in [5.41, 5.74) is 5.35. The summed E-state index contributed by atoms with van der Waals surface area (Å²) in [5, 5.41) is 14.5. The number of imidazole rings is 1. The van der Waals surface area contributed by atoms with Gasteiger partial charge in [-0.05, 0) is 36.4 Å². The standard InChI is InChI=1S/C24H20N6O3S/c1-29-21-7-5-16(9-17(21)12-27-29)22-13-26-24-20(28-34(3,31)32)10-18(14-30(22)24)19-6-4-15(11-25)8-23(19)33-2/h4-10,12-14,28H,1-3H3. The molecule has 9 nitrogen and oxygen atoms in total. The summed E-state index contributed by atoms with van der Waals surface area (Å²) in [7, 11) is -0.151. The third kappa shape index (κ3) is 3.72. The second-order valence-corrected chi connectivity index (χ2v) is 9.67. The minimum atomic E-state index is -3.56. The molecule has 10 heteroatoms. The zero-order valence-corrected chi connectivity index (χ0v) is 19.5. The van der Waals surface area contributed by atoms with Crippen LogP contribution in [-0.2, 0) is 17.1 Å². The maximum Gasteiger partial charge on any atom is 0.229 e. The first kappa shape index (κ1) is 21.5. The molecule has 34 heavy (non-hydrogen) atoms. The van der Waals surface area contributed by atoms with Gasteiger partial charge in [-0.15, -0.1) is 0 Å². The van der Waals surface area contributed by atoms with E-state index < -0.39 is 10.0 Å². The van der Waals surface area contributed by atoms with Crippen molar-refractivity contribution in [1.29, 1.82) is 5.26 Å². The Morgan fingerprint density at radius 2 is 1.91 bits per heavy atom. The second kappa shape index (κ2) is 7.90. The molecule has 0 unspecified atom stereocenters. The number of hydrogen-bond donors (Lipinski definition) is 1. The number of nitrogens with zero attached hydrogens (tertiary/aromatic N) is 5. The van der Waals surface area contributed by atoms with Gasteiger partial charge in [0.25, 0.3) is 0 Å². The van der Waals surface area contributed by atoms with Crippen LogP contribution in [0.2, 0.25) is 0 Å². The number of fused-ring (bicyclic) bond motifs is 2. The molecule has 5 aromatic rings. The summed E-state index contributed by atoms with van der Waals surface area (Å²) < 4.78 is 36.0. The van der Waals surface area contributed by atoms with Crippen LogP contribution < -0.4 is 9.46 Å². The Hall–Kier alpha value is -4.36. The number of rotatable bonds is 5. The van der Waals surface area contributed by atoms with Crippen LogP contribution in [0, 0.1) is 11.3 Å². The van der Waals surface area contributed by atoms with E-state index in [9.17, 15) is 13.7 Å². The van der Waals surface area contributed by atoms with E-state index in [0.717, 1.165) is 28.4 Å². The lowest BCUT2D eigenvalue weighted by Gasteiger charge is -2.14. The molecule has 0 radical (unpaired) electrons. The fourth-order valence-corrected chi connectivity index (χ4v) is 4.59. The van der Waals surface area contributed by atoms with Crippen LogP contribution in [0.15, 0.2) is 61.1 Å². The first-order valence-corrected chi connectivity index (χ1v) is 12.2. The number of nitrogens with one attached hydrogen (secondary N) is 1. The highest BCUT2D eigenvalue weighted by Gasteiger charge is 2.17. The summed E-state index contributed by atoms with van der Waals surface area (Å²) in [6.45, 7) is 0.